The summed E-state index contributed by atoms with van der Waals surface area (Å²) in [6, 6.07) is 12.2. The molecule has 3 aromatic rings. The van der Waals surface area contributed by atoms with Crippen molar-refractivity contribution >= 4 is 23.8 Å². The highest BCUT2D eigenvalue weighted by atomic mass is 16.6. The molecule has 11 nitrogen and oxygen atoms in total. The lowest BCUT2D eigenvalue weighted by molar-refractivity contribution is -0.157. The third-order valence-corrected chi connectivity index (χ3v) is 6.11. The Labute approximate surface area is 233 Å². The minimum Gasteiger partial charge on any atom is -0.458 e. The van der Waals surface area contributed by atoms with Crippen LogP contribution < -0.4 is 16.0 Å². The predicted molar refractivity (Wildman–Crippen MR) is 149 cm³/mol. The molecule has 0 unspecified atom stereocenters. The Kier molecular flexibility index (Phi) is 9.36. The van der Waals surface area contributed by atoms with Gasteiger partial charge < -0.3 is 25.4 Å². The van der Waals surface area contributed by atoms with Crippen molar-refractivity contribution in [2.75, 3.05) is 18.4 Å². The molecule has 2 aromatic heterocycles. The summed E-state index contributed by atoms with van der Waals surface area (Å²) in [6.07, 6.45) is 5.10. The van der Waals surface area contributed by atoms with E-state index in [-0.39, 0.29) is 13.2 Å². The fraction of sp³-hybridized carbons (Fsp3) is 0.414. The van der Waals surface area contributed by atoms with Crippen molar-refractivity contribution in [3.63, 3.8) is 0 Å². The number of nitrogens with one attached hydrogen (secondary N) is 3. The number of aromatic nitrogens is 3. The quantitative estimate of drug-likeness (QED) is 0.329. The second-order valence-corrected chi connectivity index (χ2v) is 10.6. The van der Waals surface area contributed by atoms with E-state index in [2.05, 4.69) is 27.1 Å². The molecule has 0 saturated heterocycles. The summed E-state index contributed by atoms with van der Waals surface area (Å²) in [7, 11) is 0. The molecule has 11 heteroatoms. The van der Waals surface area contributed by atoms with Gasteiger partial charge in [0.15, 0.2) is 0 Å². The van der Waals surface area contributed by atoms with Gasteiger partial charge in [-0.25, -0.2) is 14.6 Å². The second kappa shape index (κ2) is 13.1. The molecule has 0 aliphatic carbocycles. The van der Waals surface area contributed by atoms with Crippen LogP contribution in [0.3, 0.4) is 0 Å². The molecule has 0 fully saturated rings. The van der Waals surface area contributed by atoms with Crippen LogP contribution in [0.15, 0.2) is 54.9 Å². The van der Waals surface area contributed by atoms with Crippen LogP contribution in [0.4, 0.5) is 10.6 Å². The number of amides is 2. The molecule has 3 N–H and O–H groups in total. The number of hydrogen-bond acceptors (Lipinski definition) is 8. The number of anilines is 1. The smallest absolute Gasteiger partial charge is 0.408 e. The first-order valence-corrected chi connectivity index (χ1v) is 13.4. The lowest BCUT2D eigenvalue weighted by Gasteiger charge is -2.24. The van der Waals surface area contributed by atoms with E-state index in [1.165, 1.54) is 11.8 Å². The third-order valence-electron chi connectivity index (χ3n) is 6.11. The van der Waals surface area contributed by atoms with Gasteiger partial charge in [0.2, 0.25) is 0 Å². The van der Waals surface area contributed by atoms with Gasteiger partial charge in [0, 0.05) is 37.9 Å². The highest BCUT2D eigenvalue weighted by molar-refractivity contribution is 5.94. The molecular weight excluding hydrogens is 512 g/mol. The number of benzene rings is 1. The first kappa shape index (κ1) is 28.6. The minimum absolute atomic E-state index is 0.0384. The summed E-state index contributed by atoms with van der Waals surface area (Å²) in [5.41, 5.74) is 2.53. The van der Waals surface area contributed by atoms with Gasteiger partial charge in [-0.2, -0.15) is 5.10 Å². The zero-order chi connectivity index (χ0) is 28.5. The fourth-order valence-corrected chi connectivity index (χ4v) is 4.11. The molecule has 3 heterocycles. The van der Waals surface area contributed by atoms with Gasteiger partial charge >= 0.3 is 12.1 Å². The Balaban J connectivity index is 1.30. The summed E-state index contributed by atoms with van der Waals surface area (Å²) < 4.78 is 12.3. The number of esters is 1. The van der Waals surface area contributed by atoms with E-state index in [1.807, 2.05) is 36.4 Å². The van der Waals surface area contributed by atoms with E-state index >= 15 is 0 Å². The standard InChI is InChI=1S/C29H36N6O5/c1-29(2,3)40-27(37)24(34-28(38)39-19-20-8-5-4-6-9-20)17-31-26(36)22-16-32-35(18-22)15-13-23-12-11-21-10-7-14-30-25(21)33-23/h4-6,8-9,11-12,16,18,24H,7,10,13-15,17,19H2,1-3H3,(H,30,33)(H,31,36)(H,34,38)/t24-/m0/s1. The summed E-state index contributed by atoms with van der Waals surface area (Å²) in [4.78, 5) is 42.7. The van der Waals surface area contributed by atoms with E-state index in [1.54, 1.807) is 31.6 Å². The van der Waals surface area contributed by atoms with E-state index in [0.29, 0.717) is 18.5 Å². The van der Waals surface area contributed by atoms with Gasteiger partial charge in [-0.3, -0.25) is 9.48 Å². The van der Waals surface area contributed by atoms with Crippen molar-refractivity contribution in [1.82, 2.24) is 25.4 Å². The van der Waals surface area contributed by atoms with Crippen molar-refractivity contribution in [1.29, 1.82) is 0 Å². The van der Waals surface area contributed by atoms with Crippen molar-refractivity contribution in [3.8, 4) is 0 Å². The minimum atomic E-state index is -1.15. The normalized spacial score (nSPS) is 13.4. The van der Waals surface area contributed by atoms with Crippen LogP contribution >= 0.6 is 0 Å². The Bertz CT molecular complexity index is 1320. The van der Waals surface area contributed by atoms with E-state index in [4.69, 9.17) is 14.5 Å². The van der Waals surface area contributed by atoms with Crippen molar-refractivity contribution in [3.05, 3.63) is 77.2 Å². The molecule has 1 atom stereocenters. The number of carbonyl (C=O) groups is 3. The lowest BCUT2D eigenvalue weighted by Crippen LogP contribution is -2.50. The van der Waals surface area contributed by atoms with E-state index < -0.39 is 29.6 Å². The zero-order valence-electron chi connectivity index (χ0n) is 23.1. The number of rotatable bonds is 10. The molecule has 1 aliphatic rings. The second-order valence-electron chi connectivity index (χ2n) is 10.6. The SMILES string of the molecule is CC(C)(C)OC(=O)[C@H](CNC(=O)c1cnn(CCc2ccc3c(n2)NCCC3)c1)NC(=O)OCc1ccccc1. The third kappa shape index (κ3) is 8.55. The number of nitrogens with zero attached hydrogens (tertiary/aromatic N) is 3. The maximum Gasteiger partial charge on any atom is 0.408 e. The number of fused-ring (bicyclic) bond motifs is 1. The predicted octanol–water partition coefficient (Wildman–Crippen LogP) is 3.25. The number of aryl methyl sites for hydroxylation is 3. The topological polar surface area (TPSA) is 136 Å². The molecule has 40 heavy (non-hydrogen) atoms. The Morgan fingerprint density at radius 2 is 1.93 bits per heavy atom. The molecule has 0 saturated carbocycles. The molecular formula is C29H36N6O5. The van der Waals surface area contributed by atoms with Crippen LogP contribution in [-0.4, -0.2) is 57.5 Å². The van der Waals surface area contributed by atoms with E-state index in [0.717, 1.165) is 36.5 Å². The van der Waals surface area contributed by atoms with Crippen LogP contribution in [0, 0.1) is 0 Å². The van der Waals surface area contributed by atoms with Gasteiger partial charge in [0.1, 0.15) is 24.1 Å². The summed E-state index contributed by atoms with van der Waals surface area (Å²) in [5.74, 6) is -0.177. The highest BCUT2D eigenvalue weighted by Crippen LogP contribution is 2.20. The van der Waals surface area contributed by atoms with Crippen LogP contribution in [0.25, 0.3) is 0 Å². The molecule has 1 aliphatic heterocycles. The van der Waals surface area contributed by atoms with Crippen LogP contribution in [0.1, 0.15) is 54.4 Å². The number of carbonyl (C=O) groups excluding carboxylic acids is 3. The average Bonchev–Trinajstić information content (AvgIpc) is 3.41. The summed E-state index contributed by atoms with van der Waals surface area (Å²) in [6.45, 7) is 6.49. The lowest BCUT2D eigenvalue weighted by atomic mass is 10.1. The maximum absolute atomic E-state index is 12.8. The highest BCUT2D eigenvalue weighted by Gasteiger charge is 2.28. The van der Waals surface area contributed by atoms with Crippen LogP contribution in [0.2, 0.25) is 0 Å². The summed E-state index contributed by atoms with van der Waals surface area (Å²) in [5, 5.41) is 12.8. The van der Waals surface area contributed by atoms with Gasteiger partial charge in [-0.15, -0.1) is 0 Å². The largest absolute Gasteiger partial charge is 0.458 e. The Morgan fingerprint density at radius 3 is 2.70 bits per heavy atom. The Morgan fingerprint density at radius 1 is 1.12 bits per heavy atom. The molecule has 212 valence electrons. The number of hydrogen-bond donors (Lipinski definition) is 3. The van der Waals surface area contributed by atoms with Crippen LogP contribution in [-0.2, 0) is 40.3 Å². The molecule has 4 rings (SSSR count). The molecule has 0 radical (unpaired) electrons. The molecule has 0 bridgehead atoms. The Hall–Kier alpha value is -4.41. The van der Waals surface area contributed by atoms with E-state index in [9.17, 15) is 14.4 Å². The van der Waals surface area contributed by atoms with Crippen molar-refractivity contribution < 1.29 is 23.9 Å². The monoisotopic (exact) mass is 548 g/mol. The number of alkyl carbamates (subject to hydrolysis) is 1. The van der Waals surface area contributed by atoms with Crippen molar-refractivity contribution in [2.24, 2.45) is 0 Å². The summed E-state index contributed by atoms with van der Waals surface area (Å²) >= 11 is 0. The first-order chi connectivity index (χ1) is 19.2. The van der Waals surface area contributed by atoms with Gasteiger partial charge in [0.25, 0.3) is 5.91 Å². The molecule has 2 amide bonds. The first-order valence-electron chi connectivity index (χ1n) is 13.4. The fourth-order valence-electron chi connectivity index (χ4n) is 4.11. The van der Waals surface area contributed by atoms with Gasteiger partial charge in [-0.05, 0) is 50.8 Å². The maximum atomic E-state index is 12.8. The average molecular weight is 549 g/mol. The van der Waals surface area contributed by atoms with Gasteiger partial charge in [-0.1, -0.05) is 36.4 Å². The zero-order valence-corrected chi connectivity index (χ0v) is 23.1. The van der Waals surface area contributed by atoms with Crippen molar-refractivity contribution in [2.45, 2.75) is 64.8 Å². The number of ether oxygens (including phenoxy) is 2. The number of pyridine rings is 1. The molecule has 0 spiro atoms. The van der Waals surface area contributed by atoms with Crippen LogP contribution in [0.5, 0.6) is 0 Å². The molecule has 1 aromatic carbocycles. The van der Waals surface area contributed by atoms with Gasteiger partial charge in [0.05, 0.1) is 11.8 Å².